The Morgan fingerprint density at radius 1 is 1.23 bits per heavy atom. The van der Waals surface area contributed by atoms with Crippen molar-refractivity contribution in [3.63, 3.8) is 0 Å². The topological polar surface area (TPSA) is 32.3 Å². The summed E-state index contributed by atoms with van der Waals surface area (Å²) in [5, 5.41) is 5.43. The highest BCUT2D eigenvalue weighted by Gasteiger charge is 2.32. The number of fused-ring (bicyclic) bond motifs is 1. The van der Waals surface area contributed by atoms with Crippen LogP contribution in [0, 0.1) is 0 Å². The summed E-state index contributed by atoms with van der Waals surface area (Å²) in [6.07, 6.45) is 0.955. The van der Waals surface area contributed by atoms with Gasteiger partial charge in [0.05, 0.1) is 12.6 Å². The lowest BCUT2D eigenvalue weighted by Crippen LogP contribution is -2.45. The van der Waals surface area contributed by atoms with Crippen LogP contribution in [-0.2, 0) is 16.6 Å². The van der Waals surface area contributed by atoms with Gasteiger partial charge >= 0.3 is 0 Å². The molecule has 0 radical (unpaired) electrons. The minimum Gasteiger partial charge on any atom is -0.330 e. The standard InChI is InChI=1S/C22H30N2OS/c1-15(2)23-14-20(25)24-12-10-19-18(11-13-26-19)21(24)16-6-8-17(9-7-16)22(3,4)5/h6-9,11,13,15,21,23H,10,12,14H2,1-5H3/t21-/m1/s1. The minimum atomic E-state index is 0.0282. The van der Waals surface area contributed by atoms with E-state index in [1.165, 1.54) is 21.6 Å². The number of nitrogens with zero attached hydrogens (tertiary/aromatic N) is 1. The van der Waals surface area contributed by atoms with E-state index in [4.69, 9.17) is 0 Å². The van der Waals surface area contributed by atoms with Crippen molar-refractivity contribution in [2.45, 2.75) is 58.5 Å². The van der Waals surface area contributed by atoms with E-state index < -0.39 is 0 Å². The SMILES string of the molecule is CC(C)NCC(=O)N1CCc2sccc2[C@H]1c1ccc(C(C)(C)C)cc1. The third-order valence-corrected chi connectivity index (χ3v) is 6.04. The first-order valence-electron chi connectivity index (χ1n) is 9.47. The van der Waals surface area contributed by atoms with Crippen molar-refractivity contribution in [3.8, 4) is 0 Å². The average molecular weight is 371 g/mol. The zero-order valence-corrected chi connectivity index (χ0v) is 17.3. The highest BCUT2D eigenvalue weighted by atomic mass is 32.1. The summed E-state index contributed by atoms with van der Waals surface area (Å²) < 4.78 is 0. The van der Waals surface area contributed by atoms with Crippen molar-refractivity contribution in [1.82, 2.24) is 10.2 Å². The molecule has 0 fully saturated rings. The Balaban J connectivity index is 1.92. The fourth-order valence-electron chi connectivity index (χ4n) is 3.50. The van der Waals surface area contributed by atoms with Crippen LogP contribution in [0.5, 0.6) is 0 Å². The third-order valence-electron chi connectivity index (χ3n) is 5.04. The first-order valence-corrected chi connectivity index (χ1v) is 10.3. The lowest BCUT2D eigenvalue weighted by molar-refractivity contribution is -0.132. The molecule has 0 saturated carbocycles. The predicted octanol–water partition coefficient (Wildman–Crippen LogP) is 4.52. The maximum Gasteiger partial charge on any atom is 0.237 e. The van der Waals surface area contributed by atoms with Crippen LogP contribution in [0.4, 0.5) is 0 Å². The minimum absolute atomic E-state index is 0.0282. The maximum absolute atomic E-state index is 12.9. The van der Waals surface area contributed by atoms with Crippen LogP contribution < -0.4 is 5.32 Å². The monoisotopic (exact) mass is 370 g/mol. The summed E-state index contributed by atoms with van der Waals surface area (Å²) in [6.45, 7) is 12.0. The molecular formula is C22H30N2OS. The lowest BCUT2D eigenvalue weighted by Gasteiger charge is -2.37. The van der Waals surface area contributed by atoms with Gasteiger partial charge in [0.2, 0.25) is 5.91 Å². The number of hydrogen-bond acceptors (Lipinski definition) is 3. The van der Waals surface area contributed by atoms with Crippen molar-refractivity contribution in [2.24, 2.45) is 0 Å². The Labute approximate surface area is 161 Å². The normalized spacial score (nSPS) is 17.5. The Morgan fingerprint density at radius 2 is 1.92 bits per heavy atom. The molecule has 1 aliphatic heterocycles. The third kappa shape index (κ3) is 4.02. The number of carbonyl (C=O) groups excluding carboxylic acids is 1. The fourth-order valence-corrected chi connectivity index (χ4v) is 4.41. The molecule has 1 amide bonds. The molecule has 0 saturated heterocycles. The Bertz CT molecular complexity index is 755. The smallest absolute Gasteiger partial charge is 0.237 e. The van der Waals surface area contributed by atoms with Gasteiger partial charge in [0.1, 0.15) is 0 Å². The Hall–Kier alpha value is -1.65. The number of carbonyl (C=O) groups is 1. The van der Waals surface area contributed by atoms with Crippen LogP contribution >= 0.6 is 11.3 Å². The van der Waals surface area contributed by atoms with E-state index in [9.17, 15) is 4.79 Å². The van der Waals surface area contributed by atoms with Gasteiger partial charge in [-0.05, 0) is 40.0 Å². The molecular weight excluding hydrogens is 340 g/mol. The molecule has 140 valence electrons. The van der Waals surface area contributed by atoms with Crippen LogP contribution in [0.1, 0.15) is 62.2 Å². The quantitative estimate of drug-likeness (QED) is 0.858. The van der Waals surface area contributed by atoms with E-state index in [-0.39, 0.29) is 17.4 Å². The van der Waals surface area contributed by atoms with Gasteiger partial charge in [-0.1, -0.05) is 58.9 Å². The summed E-state index contributed by atoms with van der Waals surface area (Å²) >= 11 is 1.81. The van der Waals surface area contributed by atoms with E-state index in [0.717, 1.165) is 13.0 Å². The molecule has 1 N–H and O–H groups in total. The van der Waals surface area contributed by atoms with Gasteiger partial charge in [0, 0.05) is 17.5 Å². The second-order valence-electron chi connectivity index (χ2n) is 8.45. The predicted molar refractivity (Wildman–Crippen MR) is 110 cm³/mol. The number of rotatable bonds is 4. The van der Waals surface area contributed by atoms with Crippen LogP contribution in [-0.4, -0.2) is 29.9 Å². The zero-order chi connectivity index (χ0) is 18.9. The molecule has 26 heavy (non-hydrogen) atoms. The number of amides is 1. The van der Waals surface area contributed by atoms with E-state index >= 15 is 0 Å². The van der Waals surface area contributed by atoms with Crippen LogP contribution in [0.2, 0.25) is 0 Å². The lowest BCUT2D eigenvalue weighted by atomic mass is 9.85. The van der Waals surface area contributed by atoms with E-state index in [1.807, 2.05) is 11.3 Å². The largest absolute Gasteiger partial charge is 0.330 e. The summed E-state index contributed by atoms with van der Waals surface area (Å²) in [5.41, 5.74) is 3.95. The molecule has 3 nitrogen and oxygen atoms in total. The van der Waals surface area contributed by atoms with E-state index in [2.05, 4.69) is 80.5 Å². The molecule has 3 rings (SSSR count). The second-order valence-corrected chi connectivity index (χ2v) is 9.45. The highest BCUT2D eigenvalue weighted by molar-refractivity contribution is 7.10. The Kier molecular flexibility index (Phi) is 5.54. The molecule has 0 aliphatic carbocycles. The van der Waals surface area contributed by atoms with Gasteiger partial charge in [-0.15, -0.1) is 11.3 Å². The number of hydrogen-bond donors (Lipinski definition) is 1. The number of nitrogens with one attached hydrogen (secondary N) is 1. The Morgan fingerprint density at radius 3 is 2.54 bits per heavy atom. The van der Waals surface area contributed by atoms with Gasteiger partial charge < -0.3 is 10.2 Å². The molecule has 2 heterocycles. The van der Waals surface area contributed by atoms with E-state index in [1.54, 1.807) is 0 Å². The fraction of sp³-hybridized carbons (Fsp3) is 0.500. The number of thiophene rings is 1. The molecule has 2 aromatic rings. The second kappa shape index (κ2) is 7.53. The zero-order valence-electron chi connectivity index (χ0n) is 16.5. The van der Waals surface area contributed by atoms with Gasteiger partial charge in [-0.25, -0.2) is 0 Å². The maximum atomic E-state index is 12.9. The summed E-state index contributed by atoms with van der Waals surface area (Å²) in [6, 6.07) is 11.4. The van der Waals surface area contributed by atoms with Gasteiger partial charge in [0.25, 0.3) is 0 Å². The molecule has 0 bridgehead atoms. The van der Waals surface area contributed by atoms with Crippen LogP contribution in [0.25, 0.3) is 0 Å². The van der Waals surface area contributed by atoms with Crippen LogP contribution in [0.3, 0.4) is 0 Å². The van der Waals surface area contributed by atoms with Crippen molar-refractivity contribution in [2.75, 3.05) is 13.1 Å². The summed E-state index contributed by atoms with van der Waals surface area (Å²) in [5.74, 6) is 0.181. The van der Waals surface area contributed by atoms with Crippen molar-refractivity contribution in [1.29, 1.82) is 0 Å². The molecule has 4 heteroatoms. The van der Waals surface area contributed by atoms with Crippen molar-refractivity contribution >= 4 is 17.2 Å². The summed E-state index contributed by atoms with van der Waals surface area (Å²) in [7, 11) is 0. The van der Waals surface area contributed by atoms with Gasteiger partial charge in [-0.2, -0.15) is 0 Å². The number of benzene rings is 1. The molecule has 1 aliphatic rings. The first kappa shape index (κ1) is 19.1. The highest BCUT2D eigenvalue weighted by Crippen LogP contribution is 2.38. The molecule has 1 aromatic carbocycles. The molecule has 0 spiro atoms. The molecule has 0 unspecified atom stereocenters. The van der Waals surface area contributed by atoms with Crippen LogP contribution in [0.15, 0.2) is 35.7 Å². The van der Waals surface area contributed by atoms with E-state index in [0.29, 0.717) is 12.6 Å². The molecule has 1 aromatic heterocycles. The first-order chi connectivity index (χ1) is 12.3. The summed E-state index contributed by atoms with van der Waals surface area (Å²) in [4.78, 5) is 16.4. The van der Waals surface area contributed by atoms with Gasteiger partial charge in [0.15, 0.2) is 0 Å². The van der Waals surface area contributed by atoms with Crippen molar-refractivity contribution < 1.29 is 4.79 Å². The van der Waals surface area contributed by atoms with Crippen molar-refractivity contribution in [3.05, 3.63) is 57.3 Å². The average Bonchev–Trinajstić information content (AvgIpc) is 3.06. The molecule has 1 atom stereocenters. The van der Waals surface area contributed by atoms with Gasteiger partial charge in [-0.3, -0.25) is 4.79 Å².